The van der Waals surface area contributed by atoms with E-state index in [9.17, 15) is 9.59 Å². The van der Waals surface area contributed by atoms with Crippen molar-refractivity contribution >= 4 is 44.6 Å². The lowest BCUT2D eigenvalue weighted by atomic mass is 9.93. The highest BCUT2D eigenvalue weighted by Crippen LogP contribution is 2.33. The molecule has 2 heterocycles. The summed E-state index contributed by atoms with van der Waals surface area (Å²) in [6, 6.07) is 13.5. The molecule has 0 unspecified atom stereocenters. The van der Waals surface area contributed by atoms with Crippen LogP contribution >= 0.6 is 11.3 Å². The molecule has 6 heteroatoms. The molecule has 1 atom stereocenters. The number of hydrogen-bond donors (Lipinski definition) is 1. The first-order valence-corrected chi connectivity index (χ1v) is 9.56. The van der Waals surface area contributed by atoms with Gasteiger partial charge >= 0.3 is 0 Å². The number of anilines is 1. The van der Waals surface area contributed by atoms with Gasteiger partial charge < -0.3 is 10.2 Å². The number of benzene rings is 2. The second-order valence-electron chi connectivity index (χ2n) is 6.63. The number of aromatic nitrogens is 1. The molecule has 0 bridgehead atoms. The topological polar surface area (TPSA) is 62.3 Å². The Morgan fingerprint density at radius 1 is 1.22 bits per heavy atom. The molecule has 27 heavy (non-hydrogen) atoms. The summed E-state index contributed by atoms with van der Waals surface area (Å²) in [5.41, 5.74) is 4.04. The van der Waals surface area contributed by atoms with Gasteiger partial charge in [0.1, 0.15) is 0 Å². The molecule has 0 saturated carbocycles. The number of carbonyl (C=O) groups is 2. The summed E-state index contributed by atoms with van der Waals surface area (Å²) in [7, 11) is 0. The van der Waals surface area contributed by atoms with Crippen LogP contribution in [0.25, 0.3) is 16.3 Å². The summed E-state index contributed by atoms with van der Waals surface area (Å²) < 4.78 is 1.04. The summed E-state index contributed by atoms with van der Waals surface area (Å²) in [6.45, 7) is 3.54. The van der Waals surface area contributed by atoms with E-state index in [2.05, 4.69) is 16.4 Å². The first-order chi connectivity index (χ1) is 13.0. The maximum absolute atomic E-state index is 12.7. The highest BCUT2D eigenvalue weighted by Gasteiger charge is 2.28. The van der Waals surface area contributed by atoms with E-state index in [1.165, 1.54) is 18.3 Å². The number of amides is 2. The summed E-state index contributed by atoms with van der Waals surface area (Å²) >= 11 is 1.46. The minimum Gasteiger partial charge on any atom is -0.311 e. The minimum atomic E-state index is -0.319. The number of rotatable bonds is 3. The normalized spacial score (nSPS) is 15.6. The second-order valence-corrected chi connectivity index (χ2v) is 7.66. The Labute approximate surface area is 161 Å². The summed E-state index contributed by atoms with van der Waals surface area (Å²) in [4.78, 5) is 30.8. The van der Waals surface area contributed by atoms with E-state index in [0.29, 0.717) is 5.13 Å². The van der Waals surface area contributed by atoms with Crippen LogP contribution in [0.5, 0.6) is 0 Å². The Kier molecular flexibility index (Phi) is 4.49. The lowest BCUT2D eigenvalue weighted by molar-refractivity contribution is -0.129. The Morgan fingerprint density at radius 3 is 2.85 bits per heavy atom. The Balaban J connectivity index is 1.56. The van der Waals surface area contributed by atoms with Gasteiger partial charge in [-0.15, -0.1) is 0 Å². The van der Waals surface area contributed by atoms with Gasteiger partial charge in [0.2, 0.25) is 11.8 Å². The summed E-state index contributed by atoms with van der Waals surface area (Å²) in [6.07, 6.45) is 3.83. The highest BCUT2D eigenvalue weighted by molar-refractivity contribution is 7.22. The molecule has 0 saturated heterocycles. The molecule has 3 aromatic rings. The Hall–Kier alpha value is -2.99. The zero-order valence-corrected chi connectivity index (χ0v) is 15.9. The summed E-state index contributed by atoms with van der Waals surface area (Å²) in [5, 5.41) is 3.47. The largest absolute Gasteiger partial charge is 0.311 e. The van der Waals surface area contributed by atoms with E-state index >= 15 is 0 Å². The zero-order valence-electron chi connectivity index (χ0n) is 15.1. The number of fused-ring (bicyclic) bond motifs is 2. The van der Waals surface area contributed by atoms with Gasteiger partial charge in [0.15, 0.2) is 5.13 Å². The smallest absolute Gasteiger partial charge is 0.228 e. The van der Waals surface area contributed by atoms with Crippen molar-refractivity contribution in [3.05, 3.63) is 65.4 Å². The monoisotopic (exact) mass is 377 g/mol. The maximum Gasteiger partial charge on any atom is 0.228 e. The first kappa shape index (κ1) is 17.4. The van der Waals surface area contributed by atoms with Gasteiger partial charge in [-0.25, -0.2) is 4.98 Å². The fraction of sp³-hybridized carbons (Fsp3) is 0.190. The quantitative estimate of drug-likeness (QED) is 0.731. The van der Waals surface area contributed by atoms with Crippen LogP contribution in [-0.2, 0) is 9.59 Å². The number of hydrogen-bond acceptors (Lipinski definition) is 4. The molecule has 1 aliphatic rings. The Morgan fingerprint density at radius 2 is 2.04 bits per heavy atom. The second kappa shape index (κ2) is 6.96. The zero-order chi connectivity index (χ0) is 19.0. The number of nitrogens with zero attached hydrogens (tertiary/aromatic N) is 2. The molecule has 0 fully saturated rings. The van der Waals surface area contributed by atoms with Crippen LogP contribution in [0.2, 0.25) is 0 Å². The maximum atomic E-state index is 12.7. The molecule has 1 aromatic heterocycles. The van der Waals surface area contributed by atoms with Gasteiger partial charge in [-0.05, 0) is 41.8 Å². The predicted molar refractivity (Wildman–Crippen MR) is 108 cm³/mol. The van der Waals surface area contributed by atoms with E-state index in [0.717, 1.165) is 26.9 Å². The molecule has 2 amide bonds. The molecule has 1 aliphatic heterocycles. The van der Waals surface area contributed by atoms with E-state index in [4.69, 9.17) is 0 Å². The van der Waals surface area contributed by atoms with Crippen molar-refractivity contribution in [2.24, 2.45) is 0 Å². The lowest BCUT2D eigenvalue weighted by Crippen LogP contribution is -2.33. The van der Waals surface area contributed by atoms with E-state index < -0.39 is 0 Å². The third-order valence-corrected chi connectivity index (χ3v) is 5.57. The van der Waals surface area contributed by atoms with Crippen molar-refractivity contribution in [2.75, 3.05) is 5.32 Å². The molecule has 1 N–H and O–H groups in total. The van der Waals surface area contributed by atoms with E-state index in [-0.39, 0.29) is 24.3 Å². The summed E-state index contributed by atoms with van der Waals surface area (Å²) in [5.74, 6) is -0.249. The molecule has 0 radical (unpaired) electrons. The van der Waals surface area contributed by atoms with Crippen molar-refractivity contribution in [2.45, 2.75) is 26.3 Å². The van der Waals surface area contributed by atoms with Crippen LogP contribution in [0.15, 0.2) is 48.7 Å². The Bertz CT molecular complexity index is 1070. The number of carbonyl (C=O) groups excluding carboxylic acids is 2. The van der Waals surface area contributed by atoms with Gasteiger partial charge in [-0.1, -0.05) is 41.7 Å². The third kappa shape index (κ3) is 3.48. The van der Waals surface area contributed by atoms with E-state index in [1.54, 1.807) is 11.1 Å². The van der Waals surface area contributed by atoms with Gasteiger partial charge in [-0.2, -0.15) is 0 Å². The fourth-order valence-electron chi connectivity index (χ4n) is 3.34. The molecular weight excluding hydrogens is 358 g/mol. The standard InChI is InChI=1S/C21H19N3O2S/c1-13-7-8-17-19(11-13)27-21(22-17)23-20(26)12-18-16-6-4-3-5-15(16)9-10-24(18)14(2)25/h3-11,18H,12H2,1-2H3,(H,22,23,26)/t18-/m1/s1. The number of nitrogens with one attached hydrogen (secondary N) is 1. The van der Waals surface area contributed by atoms with E-state index in [1.807, 2.05) is 49.4 Å². The van der Waals surface area contributed by atoms with Crippen LogP contribution in [0.3, 0.4) is 0 Å². The van der Waals surface area contributed by atoms with Crippen LogP contribution in [0, 0.1) is 6.92 Å². The number of thiazole rings is 1. The minimum absolute atomic E-state index is 0.0889. The molecule has 136 valence electrons. The van der Waals surface area contributed by atoms with Crippen molar-refractivity contribution in [1.82, 2.24) is 9.88 Å². The predicted octanol–water partition coefficient (Wildman–Crippen LogP) is 4.51. The molecule has 2 aromatic carbocycles. The molecular formula is C21H19N3O2S. The average Bonchev–Trinajstić information content (AvgIpc) is 3.02. The van der Waals surface area contributed by atoms with Crippen LogP contribution in [0.1, 0.15) is 36.1 Å². The third-order valence-electron chi connectivity index (χ3n) is 4.64. The molecule has 0 spiro atoms. The van der Waals surface area contributed by atoms with Gasteiger partial charge in [-0.3, -0.25) is 9.59 Å². The van der Waals surface area contributed by atoms with Crippen LogP contribution in [0.4, 0.5) is 5.13 Å². The SMILES string of the molecule is CC(=O)N1C=Cc2ccccc2[C@H]1CC(=O)Nc1nc2ccc(C)cc2s1. The van der Waals surface area contributed by atoms with Crippen LogP contribution < -0.4 is 5.32 Å². The molecule has 4 rings (SSSR count). The first-order valence-electron chi connectivity index (χ1n) is 8.74. The number of aryl methyl sites for hydroxylation is 1. The molecule has 5 nitrogen and oxygen atoms in total. The van der Waals surface area contributed by atoms with Gasteiger partial charge in [0.25, 0.3) is 0 Å². The van der Waals surface area contributed by atoms with Crippen molar-refractivity contribution < 1.29 is 9.59 Å². The lowest BCUT2D eigenvalue weighted by Gasteiger charge is -2.32. The van der Waals surface area contributed by atoms with Crippen LogP contribution in [-0.4, -0.2) is 21.7 Å². The van der Waals surface area contributed by atoms with Crippen molar-refractivity contribution in [1.29, 1.82) is 0 Å². The fourth-order valence-corrected chi connectivity index (χ4v) is 4.32. The average molecular weight is 377 g/mol. The van der Waals surface area contributed by atoms with Gasteiger partial charge in [0, 0.05) is 13.1 Å². The van der Waals surface area contributed by atoms with Gasteiger partial charge in [0.05, 0.1) is 22.7 Å². The highest BCUT2D eigenvalue weighted by atomic mass is 32.1. The van der Waals surface area contributed by atoms with Crippen molar-refractivity contribution in [3.63, 3.8) is 0 Å². The molecule has 0 aliphatic carbocycles. The van der Waals surface area contributed by atoms with Crippen molar-refractivity contribution in [3.8, 4) is 0 Å².